The monoisotopic (exact) mass is 316 g/mol. The smallest absolute Gasteiger partial charge is 0.240 e. The first-order valence-electron chi connectivity index (χ1n) is 6.82. The van der Waals surface area contributed by atoms with Crippen molar-refractivity contribution in [1.82, 2.24) is 19.8 Å². The third-order valence-electron chi connectivity index (χ3n) is 3.39. The molecular weight excluding hydrogens is 296 g/mol. The van der Waals surface area contributed by atoms with Crippen LogP contribution in [0.25, 0.3) is 0 Å². The van der Waals surface area contributed by atoms with Crippen molar-refractivity contribution in [2.45, 2.75) is 38.6 Å². The first-order valence-corrected chi connectivity index (χ1v) is 8.71. The van der Waals surface area contributed by atoms with Crippen molar-refractivity contribution in [3.05, 3.63) is 11.7 Å². The molecule has 2 heterocycles. The molecule has 9 heteroatoms. The number of piperidine rings is 1. The van der Waals surface area contributed by atoms with Crippen LogP contribution < -0.4 is 4.72 Å². The molecule has 0 bridgehead atoms. The molecular formula is C12H20N4O4S. The summed E-state index contributed by atoms with van der Waals surface area (Å²) in [6.07, 6.45) is 2.74. The van der Waals surface area contributed by atoms with Crippen molar-refractivity contribution in [1.29, 1.82) is 0 Å². The average Bonchev–Trinajstić information content (AvgIpc) is 2.83. The van der Waals surface area contributed by atoms with Gasteiger partial charge in [0.15, 0.2) is 5.82 Å². The quantitative estimate of drug-likeness (QED) is 0.839. The van der Waals surface area contributed by atoms with Gasteiger partial charge in [0.05, 0.1) is 18.2 Å². The SMILES string of the molecule is Cc1noc([C@@H]2CCCN(C(=O)[C@H](C)NS(C)(=O)=O)C2)n1. The lowest BCUT2D eigenvalue weighted by molar-refractivity contribution is -0.133. The van der Waals surface area contributed by atoms with Gasteiger partial charge in [-0.05, 0) is 26.7 Å². The van der Waals surface area contributed by atoms with E-state index in [0.29, 0.717) is 24.8 Å². The highest BCUT2D eigenvalue weighted by molar-refractivity contribution is 7.88. The number of amides is 1. The molecule has 1 aliphatic heterocycles. The van der Waals surface area contributed by atoms with E-state index in [9.17, 15) is 13.2 Å². The molecule has 0 aliphatic carbocycles. The minimum Gasteiger partial charge on any atom is -0.341 e. The molecule has 0 spiro atoms. The lowest BCUT2D eigenvalue weighted by Crippen LogP contribution is -2.49. The molecule has 1 aromatic rings. The summed E-state index contributed by atoms with van der Waals surface area (Å²) in [5, 5.41) is 3.76. The second kappa shape index (κ2) is 6.10. The molecule has 0 unspecified atom stereocenters. The van der Waals surface area contributed by atoms with E-state index in [1.165, 1.54) is 0 Å². The summed E-state index contributed by atoms with van der Waals surface area (Å²) in [5.41, 5.74) is 0. The largest absolute Gasteiger partial charge is 0.341 e. The number of hydrogen-bond acceptors (Lipinski definition) is 6. The number of nitrogens with one attached hydrogen (secondary N) is 1. The van der Waals surface area contributed by atoms with Gasteiger partial charge in [-0.2, -0.15) is 4.98 Å². The molecule has 0 saturated carbocycles. The molecule has 118 valence electrons. The lowest BCUT2D eigenvalue weighted by atomic mass is 9.97. The molecule has 1 aromatic heterocycles. The van der Waals surface area contributed by atoms with Gasteiger partial charge in [-0.25, -0.2) is 13.1 Å². The van der Waals surface area contributed by atoms with Gasteiger partial charge in [-0.15, -0.1) is 0 Å². The first-order chi connectivity index (χ1) is 9.76. The normalized spacial score (nSPS) is 21.3. The molecule has 1 saturated heterocycles. The molecule has 2 atom stereocenters. The Morgan fingerprint density at radius 3 is 2.81 bits per heavy atom. The van der Waals surface area contributed by atoms with Crippen LogP contribution in [0.5, 0.6) is 0 Å². The van der Waals surface area contributed by atoms with Crippen LogP contribution in [0.4, 0.5) is 0 Å². The minimum atomic E-state index is -3.41. The third kappa shape index (κ3) is 4.24. The summed E-state index contributed by atoms with van der Waals surface area (Å²) in [5.74, 6) is 0.880. The molecule has 1 N–H and O–H groups in total. The van der Waals surface area contributed by atoms with E-state index in [1.807, 2.05) is 0 Å². The third-order valence-corrected chi connectivity index (χ3v) is 4.17. The number of sulfonamides is 1. The highest BCUT2D eigenvalue weighted by Crippen LogP contribution is 2.25. The van der Waals surface area contributed by atoms with Crippen molar-refractivity contribution in [2.24, 2.45) is 0 Å². The summed E-state index contributed by atoms with van der Waals surface area (Å²) >= 11 is 0. The fraction of sp³-hybridized carbons (Fsp3) is 0.750. The summed E-state index contributed by atoms with van der Waals surface area (Å²) in [4.78, 5) is 18.1. The summed E-state index contributed by atoms with van der Waals surface area (Å²) in [7, 11) is -3.41. The number of aryl methyl sites for hydroxylation is 1. The molecule has 1 fully saturated rings. The Hall–Kier alpha value is -1.48. The van der Waals surface area contributed by atoms with Crippen LogP contribution >= 0.6 is 0 Å². The maximum absolute atomic E-state index is 12.3. The van der Waals surface area contributed by atoms with Gasteiger partial charge in [0.1, 0.15) is 0 Å². The molecule has 2 rings (SSSR count). The Balaban J connectivity index is 2.02. The number of carbonyl (C=O) groups is 1. The zero-order valence-corrected chi connectivity index (χ0v) is 13.2. The number of aromatic nitrogens is 2. The fourth-order valence-electron chi connectivity index (χ4n) is 2.50. The van der Waals surface area contributed by atoms with E-state index in [4.69, 9.17) is 4.52 Å². The molecule has 8 nitrogen and oxygen atoms in total. The van der Waals surface area contributed by atoms with Crippen LogP contribution in [-0.2, 0) is 14.8 Å². The Bertz CT molecular complexity index is 613. The van der Waals surface area contributed by atoms with E-state index in [0.717, 1.165) is 19.1 Å². The maximum atomic E-state index is 12.3. The van der Waals surface area contributed by atoms with E-state index in [-0.39, 0.29) is 11.8 Å². The Morgan fingerprint density at radius 1 is 1.52 bits per heavy atom. The van der Waals surface area contributed by atoms with Gasteiger partial charge in [0.2, 0.25) is 21.8 Å². The molecule has 0 aromatic carbocycles. The second-order valence-electron chi connectivity index (χ2n) is 5.41. The fourth-order valence-corrected chi connectivity index (χ4v) is 3.25. The second-order valence-corrected chi connectivity index (χ2v) is 7.19. The number of nitrogens with zero attached hydrogens (tertiary/aromatic N) is 3. The Labute approximate surface area is 123 Å². The van der Waals surface area contributed by atoms with Crippen molar-refractivity contribution in [3.8, 4) is 0 Å². The summed E-state index contributed by atoms with van der Waals surface area (Å²) in [6, 6.07) is -0.775. The van der Waals surface area contributed by atoms with Gasteiger partial charge < -0.3 is 9.42 Å². The predicted octanol–water partition coefficient (Wildman–Crippen LogP) is 0.0217. The van der Waals surface area contributed by atoms with Gasteiger partial charge >= 0.3 is 0 Å². The van der Waals surface area contributed by atoms with Crippen LogP contribution in [0.2, 0.25) is 0 Å². The van der Waals surface area contributed by atoms with Crippen LogP contribution in [0.1, 0.15) is 37.4 Å². The predicted molar refractivity (Wildman–Crippen MR) is 75.0 cm³/mol. The van der Waals surface area contributed by atoms with Gasteiger partial charge in [0.25, 0.3) is 0 Å². The van der Waals surface area contributed by atoms with E-state index in [2.05, 4.69) is 14.9 Å². The maximum Gasteiger partial charge on any atom is 0.240 e. The molecule has 21 heavy (non-hydrogen) atoms. The van der Waals surface area contributed by atoms with E-state index in [1.54, 1.807) is 18.7 Å². The van der Waals surface area contributed by atoms with Crippen LogP contribution in [-0.4, -0.2) is 54.8 Å². The minimum absolute atomic E-state index is 0.00864. The average molecular weight is 316 g/mol. The van der Waals surface area contributed by atoms with Gasteiger partial charge in [0, 0.05) is 13.1 Å². The first kappa shape index (κ1) is 15.9. The van der Waals surface area contributed by atoms with Crippen molar-refractivity contribution in [3.63, 3.8) is 0 Å². The molecule has 1 aliphatic rings. The van der Waals surface area contributed by atoms with E-state index >= 15 is 0 Å². The molecule has 1 amide bonds. The van der Waals surface area contributed by atoms with Crippen molar-refractivity contribution < 1.29 is 17.7 Å². The molecule has 0 radical (unpaired) electrons. The zero-order chi connectivity index (χ0) is 15.6. The highest BCUT2D eigenvalue weighted by Gasteiger charge is 2.31. The van der Waals surface area contributed by atoms with Crippen molar-refractivity contribution >= 4 is 15.9 Å². The number of carbonyl (C=O) groups excluding carboxylic acids is 1. The van der Waals surface area contributed by atoms with Crippen LogP contribution in [0, 0.1) is 6.92 Å². The van der Waals surface area contributed by atoms with Gasteiger partial charge in [-0.1, -0.05) is 5.16 Å². The standard InChI is InChI=1S/C12H20N4O4S/c1-8(15-21(3,18)19)12(17)16-6-4-5-10(7-16)11-13-9(2)14-20-11/h8,10,15H,4-7H2,1-3H3/t8-,10+/m0/s1. The lowest BCUT2D eigenvalue weighted by Gasteiger charge is -2.32. The highest BCUT2D eigenvalue weighted by atomic mass is 32.2. The topological polar surface area (TPSA) is 105 Å². The van der Waals surface area contributed by atoms with Gasteiger partial charge in [-0.3, -0.25) is 4.79 Å². The van der Waals surface area contributed by atoms with Crippen molar-refractivity contribution in [2.75, 3.05) is 19.3 Å². The number of rotatable bonds is 4. The van der Waals surface area contributed by atoms with Crippen LogP contribution in [0.15, 0.2) is 4.52 Å². The zero-order valence-electron chi connectivity index (χ0n) is 12.4. The Morgan fingerprint density at radius 2 is 2.24 bits per heavy atom. The Kier molecular flexibility index (Phi) is 4.62. The number of hydrogen-bond donors (Lipinski definition) is 1. The van der Waals surface area contributed by atoms with Crippen LogP contribution in [0.3, 0.4) is 0 Å². The summed E-state index contributed by atoms with van der Waals surface area (Å²) < 4.78 is 29.9. The number of likely N-dealkylation sites (tertiary alicyclic amines) is 1. The summed E-state index contributed by atoms with van der Waals surface area (Å²) in [6.45, 7) is 4.37. The van der Waals surface area contributed by atoms with E-state index < -0.39 is 16.1 Å².